The van der Waals surface area contributed by atoms with E-state index >= 15 is 0 Å². The minimum absolute atomic E-state index is 0.0440. The second kappa shape index (κ2) is 8.55. The third kappa shape index (κ3) is 3.66. The average molecular weight is 511 g/mol. The highest BCUT2D eigenvalue weighted by Gasteiger charge is 2.39. The van der Waals surface area contributed by atoms with Gasteiger partial charge < -0.3 is 19.5 Å². The van der Waals surface area contributed by atoms with Crippen LogP contribution in [0, 0.1) is 0 Å². The van der Waals surface area contributed by atoms with E-state index in [0.29, 0.717) is 36.0 Å². The fourth-order valence-corrected chi connectivity index (χ4v) is 4.94. The largest absolute Gasteiger partial charge is 0.493 e. The zero-order chi connectivity index (χ0) is 23.1. The predicted octanol–water partition coefficient (Wildman–Crippen LogP) is 4.48. The van der Waals surface area contributed by atoms with Gasteiger partial charge in [-0.3, -0.25) is 4.79 Å². The lowest BCUT2D eigenvalue weighted by Gasteiger charge is -2.35. The molecule has 8 nitrogen and oxygen atoms in total. The van der Waals surface area contributed by atoms with Gasteiger partial charge in [-0.1, -0.05) is 28.1 Å². The molecule has 0 spiro atoms. The maximum Gasteiger partial charge on any atom is 0.226 e. The van der Waals surface area contributed by atoms with Gasteiger partial charge in [-0.2, -0.15) is 10.1 Å². The van der Waals surface area contributed by atoms with Crippen molar-refractivity contribution in [2.75, 3.05) is 26.6 Å². The Hall–Kier alpha value is -3.33. The average Bonchev–Trinajstić information content (AvgIpc) is 3.30. The van der Waals surface area contributed by atoms with E-state index in [1.807, 2.05) is 36.4 Å². The first kappa shape index (κ1) is 21.5. The number of Topliss-reactive ketones (excluding diaryl/α,β-unsaturated/α-hetero) is 1. The molecule has 0 unspecified atom stereocenters. The van der Waals surface area contributed by atoms with E-state index in [1.54, 1.807) is 26.0 Å². The number of hydrogen-bond acceptors (Lipinski definition) is 7. The molecule has 0 saturated carbocycles. The van der Waals surface area contributed by atoms with Crippen molar-refractivity contribution in [3.05, 3.63) is 69.6 Å². The molecule has 0 amide bonds. The Balaban J connectivity index is 1.57. The first-order chi connectivity index (χ1) is 16.0. The molecule has 0 fully saturated rings. The summed E-state index contributed by atoms with van der Waals surface area (Å²) in [5.41, 5.74) is 3.55. The van der Waals surface area contributed by atoms with Crippen LogP contribution in [0.4, 0.5) is 5.95 Å². The highest BCUT2D eigenvalue weighted by Crippen LogP contribution is 2.47. The van der Waals surface area contributed by atoms with Gasteiger partial charge in [-0.25, -0.2) is 4.68 Å². The number of carbonyl (C=O) groups is 1. The van der Waals surface area contributed by atoms with Crippen molar-refractivity contribution in [2.24, 2.45) is 0 Å². The van der Waals surface area contributed by atoms with Crippen LogP contribution in [0.1, 0.15) is 35.9 Å². The molecule has 5 rings (SSSR count). The van der Waals surface area contributed by atoms with E-state index in [-0.39, 0.29) is 17.7 Å². The van der Waals surface area contributed by atoms with Gasteiger partial charge in [-0.15, -0.1) is 0 Å². The molecule has 1 aliphatic heterocycles. The van der Waals surface area contributed by atoms with E-state index in [0.717, 1.165) is 26.9 Å². The second-order valence-electron chi connectivity index (χ2n) is 7.99. The maximum absolute atomic E-state index is 13.6. The lowest BCUT2D eigenvalue weighted by Crippen LogP contribution is -2.33. The Bertz CT molecular complexity index is 1230. The number of carbonyl (C=O) groups excluding carboxylic acids is 1. The minimum atomic E-state index is -0.319. The Morgan fingerprint density at radius 3 is 2.33 bits per heavy atom. The molecule has 33 heavy (non-hydrogen) atoms. The molecule has 2 aromatic carbocycles. The first-order valence-corrected chi connectivity index (χ1v) is 11.3. The molecule has 0 bridgehead atoms. The second-order valence-corrected chi connectivity index (χ2v) is 8.90. The smallest absolute Gasteiger partial charge is 0.226 e. The fourth-order valence-electron chi connectivity index (χ4n) is 4.68. The van der Waals surface area contributed by atoms with E-state index in [4.69, 9.17) is 14.2 Å². The van der Waals surface area contributed by atoms with Gasteiger partial charge in [0.2, 0.25) is 11.7 Å². The monoisotopic (exact) mass is 510 g/mol. The van der Waals surface area contributed by atoms with Crippen molar-refractivity contribution in [1.29, 1.82) is 0 Å². The summed E-state index contributed by atoms with van der Waals surface area (Å²) in [5.74, 6) is 2.34. The number of aromatic nitrogens is 3. The number of nitrogens with one attached hydrogen (secondary N) is 1. The van der Waals surface area contributed by atoms with Crippen molar-refractivity contribution < 1.29 is 19.0 Å². The SMILES string of the molecule is COc1cc([C@@H]2CC(=O)C3=C(C2)Nc2ncnn2[C@H]3c2ccc(Br)cc2)cc(OC)c1OC. The van der Waals surface area contributed by atoms with Crippen LogP contribution in [0.5, 0.6) is 17.2 Å². The molecular weight excluding hydrogens is 488 g/mol. The zero-order valence-corrected chi connectivity index (χ0v) is 20.0. The van der Waals surface area contributed by atoms with Gasteiger partial charge in [0.25, 0.3) is 0 Å². The molecule has 1 aliphatic carbocycles. The quantitative estimate of drug-likeness (QED) is 0.541. The Morgan fingerprint density at radius 1 is 1.00 bits per heavy atom. The van der Waals surface area contributed by atoms with Crippen LogP contribution in [0.2, 0.25) is 0 Å². The van der Waals surface area contributed by atoms with E-state index in [2.05, 4.69) is 31.3 Å². The number of nitrogens with zero attached hydrogens (tertiary/aromatic N) is 3. The summed E-state index contributed by atoms with van der Waals surface area (Å²) in [7, 11) is 4.75. The van der Waals surface area contributed by atoms with Crippen molar-refractivity contribution in [3.8, 4) is 17.2 Å². The van der Waals surface area contributed by atoms with Gasteiger partial charge >= 0.3 is 0 Å². The Morgan fingerprint density at radius 2 is 1.70 bits per heavy atom. The van der Waals surface area contributed by atoms with Gasteiger partial charge in [0, 0.05) is 22.2 Å². The molecular formula is C24H23BrN4O4. The highest BCUT2D eigenvalue weighted by molar-refractivity contribution is 9.10. The third-order valence-corrected chi connectivity index (χ3v) is 6.73. The van der Waals surface area contributed by atoms with Gasteiger partial charge in [0.1, 0.15) is 12.4 Å². The molecule has 0 radical (unpaired) electrons. The predicted molar refractivity (Wildman–Crippen MR) is 126 cm³/mol. The molecule has 2 aliphatic rings. The van der Waals surface area contributed by atoms with Crippen LogP contribution < -0.4 is 19.5 Å². The molecule has 2 heterocycles. The summed E-state index contributed by atoms with van der Waals surface area (Å²) in [6.07, 6.45) is 2.53. The summed E-state index contributed by atoms with van der Waals surface area (Å²) in [6, 6.07) is 11.5. The van der Waals surface area contributed by atoms with Crippen LogP contribution in [0.3, 0.4) is 0 Å². The van der Waals surface area contributed by atoms with Crippen LogP contribution >= 0.6 is 15.9 Å². The standard InChI is InChI=1S/C24H23BrN4O4/c1-31-19-10-15(11-20(32-2)23(19)33-3)14-8-17-21(18(30)9-14)22(13-4-6-16(25)7-5-13)29-24(28-17)26-12-27-29/h4-7,10-12,14,22H,8-9H2,1-3H3,(H,26,27,28)/t14-,22-/m0/s1. The van der Waals surface area contributed by atoms with Crippen LogP contribution in [-0.2, 0) is 4.79 Å². The summed E-state index contributed by atoms with van der Waals surface area (Å²) in [5, 5.41) is 7.75. The maximum atomic E-state index is 13.6. The highest BCUT2D eigenvalue weighted by atomic mass is 79.9. The number of ether oxygens (including phenoxy) is 3. The number of fused-ring (bicyclic) bond motifs is 1. The molecule has 0 saturated heterocycles. The lowest BCUT2D eigenvalue weighted by molar-refractivity contribution is -0.116. The Kier molecular flexibility index (Phi) is 5.57. The number of anilines is 1. The van der Waals surface area contributed by atoms with Gasteiger partial charge in [0.05, 0.1) is 21.3 Å². The molecule has 1 aromatic heterocycles. The summed E-state index contributed by atoms with van der Waals surface area (Å²) >= 11 is 3.49. The normalized spacial score (nSPS) is 19.5. The molecule has 2 atom stereocenters. The Labute approximate surface area is 199 Å². The van der Waals surface area contributed by atoms with Crippen molar-refractivity contribution in [1.82, 2.24) is 14.8 Å². The van der Waals surface area contributed by atoms with Gasteiger partial charge in [0.15, 0.2) is 17.3 Å². The molecule has 170 valence electrons. The minimum Gasteiger partial charge on any atom is -0.493 e. The van der Waals surface area contributed by atoms with Crippen molar-refractivity contribution >= 4 is 27.7 Å². The number of methoxy groups -OCH3 is 3. The van der Waals surface area contributed by atoms with E-state index in [1.165, 1.54) is 6.33 Å². The van der Waals surface area contributed by atoms with Crippen LogP contribution in [0.15, 0.2) is 58.5 Å². The van der Waals surface area contributed by atoms with E-state index < -0.39 is 0 Å². The number of halogens is 1. The van der Waals surface area contributed by atoms with E-state index in [9.17, 15) is 4.79 Å². The molecule has 1 N–H and O–H groups in total. The first-order valence-electron chi connectivity index (χ1n) is 10.5. The summed E-state index contributed by atoms with van der Waals surface area (Å²) in [4.78, 5) is 17.9. The topological polar surface area (TPSA) is 87.5 Å². The van der Waals surface area contributed by atoms with Crippen LogP contribution in [-0.4, -0.2) is 41.9 Å². The molecule has 9 heteroatoms. The van der Waals surface area contributed by atoms with Crippen molar-refractivity contribution in [2.45, 2.75) is 24.8 Å². The summed E-state index contributed by atoms with van der Waals surface area (Å²) < 4.78 is 19.2. The number of benzene rings is 2. The summed E-state index contributed by atoms with van der Waals surface area (Å²) in [6.45, 7) is 0. The number of ketones is 1. The third-order valence-electron chi connectivity index (χ3n) is 6.21. The van der Waals surface area contributed by atoms with Crippen molar-refractivity contribution in [3.63, 3.8) is 0 Å². The van der Waals surface area contributed by atoms with Crippen LogP contribution in [0.25, 0.3) is 0 Å². The number of rotatable bonds is 5. The fraction of sp³-hybridized carbons (Fsp3) is 0.292. The van der Waals surface area contributed by atoms with Gasteiger partial charge in [-0.05, 0) is 47.7 Å². The zero-order valence-electron chi connectivity index (χ0n) is 18.5. The molecule has 3 aromatic rings. The lowest BCUT2D eigenvalue weighted by atomic mass is 9.78. The number of allylic oxidation sites excluding steroid dienone is 2. The number of hydrogen-bond donors (Lipinski definition) is 1.